The minimum Gasteiger partial charge on any atom is -0.258 e. The summed E-state index contributed by atoms with van der Waals surface area (Å²) in [6.07, 6.45) is 4.53. The highest BCUT2D eigenvalue weighted by Crippen LogP contribution is 2.21. The zero-order chi connectivity index (χ0) is 14.8. The van der Waals surface area contributed by atoms with Crippen LogP contribution < -0.4 is 0 Å². The summed E-state index contributed by atoms with van der Waals surface area (Å²) in [5.74, 6) is 1.01. The molecule has 0 spiro atoms. The quantitative estimate of drug-likeness (QED) is 0.533. The molecule has 0 aliphatic heterocycles. The second-order valence-electron chi connectivity index (χ2n) is 4.01. The molecule has 3 aromatic rings. The number of hydrogen-bond acceptors (Lipinski definition) is 6. The number of halogens is 1. The van der Waals surface area contributed by atoms with E-state index in [2.05, 4.69) is 36.0 Å². The van der Waals surface area contributed by atoms with Crippen molar-refractivity contribution in [1.29, 1.82) is 0 Å². The van der Waals surface area contributed by atoms with Gasteiger partial charge in [0.1, 0.15) is 12.7 Å². The van der Waals surface area contributed by atoms with Crippen LogP contribution in [0.2, 0.25) is 0 Å². The maximum Gasteiger partial charge on any atom is 0.269 e. The van der Waals surface area contributed by atoms with Crippen molar-refractivity contribution >= 4 is 21.6 Å². The van der Waals surface area contributed by atoms with Gasteiger partial charge < -0.3 is 0 Å². The van der Waals surface area contributed by atoms with Gasteiger partial charge in [0.2, 0.25) is 0 Å². The summed E-state index contributed by atoms with van der Waals surface area (Å²) >= 11 is 3.34. The number of nitrogens with zero attached hydrogens (tertiary/aromatic N) is 6. The Balaban J connectivity index is 1.95. The molecule has 0 aliphatic rings. The topological polar surface area (TPSA) is 99.6 Å². The van der Waals surface area contributed by atoms with Crippen molar-refractivity contribution in [2.45, 2.75) is 0 Å². The minimum absolute atomic E-state index is 0.0247. The van der Waals surface area contributed by atoms with Gasteiger partial charge in [0.25, 0.3) is 5.69 Å². The molecule has 3 rings (SSSR count). The second-order valence-corrected chi connectivity index (χ2v) is 4.87. The van der Waals surface area contributed by atoms with Gasteiger partial charge in [0.05, 0.1) is 9.40 Å². The average molecular weight is 347 g/mol. The van der Waals surface area contributed by atoms with Crippen molar-refractivity contribution in [1.82, 2.24) is 24.7 Å². The van der Waals surface area contributed by atoms with Gasteiger partial charge in [-0.1, -0.05) is 0 Å². The molecular weight excluding hydrogens is 340 g/mol. The Kier molecular flexibility index (Phi) is 3.40. The molecule has 0 radical (unpaired) electrons. The predicted octanol–water partition coefficient (Wildman–Crippen LogP) is 2.39. The van der Waals surface area contributed by atoms with E-state index in [0.717, 1.165) is 0 Å². The first-order valence-corrected chi connectivity index (χ1v) is 6.57. The van der Waals surface area contributed by atoms with Crippen molar-refractivity contribution in [3.05, 3.63) is 57.7 Å². The van der Waals surface area contributed by atoms with Gasteiger partial charge in [-0.3, -0.25) is 10.1 Å². The fourth-order valence-electron chi connectivity index (χ4n) is 1.70. The summed E-state index contributed by atoms with van der Waals surface area (Å²) in [4.78, 5) is 22.3. The predicted molar refractivity (Wildman–Crippen MR) is 76.7 cm³/mol. The van der Waals surface area contributed by atoms with E-state index in [9.17, 15) is 10.1 Å². The third kappa shape index (κ3) is 2.63. The number of hydrogen-bond donors (Lipinski definition) is 0. The summed E-state index contributed by atoms with van der Waals surface area (Å²) in [5.41, 5.74) is 0.709. The maximum atomic E-state index is 10.6. The van der Waals surface area contributed by atoms with Gasteiger partial charge >= 0.3 is 0 Å². The molecule has 0 fully saturated rings. The first kappa shape index (κ1) is 13.3. The molecule has 2 aromatic heterocycles. The Morgan fingerprint density at radius 3 is 2.62 bits per heavy atom. The van der Waals surface area contributed by atoms with Gasteiger partial charge in [-0.05, 0) is 28.1 Å². The van der Waals surface area contributed by atoms with Crippen LogP contribution >= 0.6 is 15.9 Å². The molecule has 9 heteroatoms. The number of non-ortho nitro benzene ring substituents is 1. The van der Waals surface area contributed by atoms with Crippen molar-refractivity contribution in [3.8, 4) is 17.2 Å². The van der Waals surface area contributed by atoms with Crippen LogP contribution in [-0.4, -0.2) is 29.7 Å². The fourth-order valence-corrected chi connectivity index (χ4v) is 2.11. The lowest BCUT2D eigenvalue weighted by molar-refractivity contribution is -0.384. The normalized spacial score (nSPS) is 10.5. The fraction of sp³-hybridized carbons (Fsp3) is 0. The van der Waals surface area contributed by atoms with Gasteiger partial charge in [0.15, 0.2) is 11.6 Å². The minimum atomic E-state index is -0.451. The molecule has 0 atom stereocenters. The van der Waals surface area contributed by atoms with Crippen molar-refractivity contribution in [3.63, 3.8) is 0 Å². The molecule has 0 saturated carbocycles. The van der Waals surface area contributed by atoms with Gasteiger partial charge in [0, 0.05) is 23.9 Å². The van der Waals surface area contributed by atoms with E-state index in [0.29, 0.717) is 21.7 Å². The highest BCUT2D eigenvalue weighted by molar-refractivity contribution is 9.10. The van der Waals surface area contributed by atoms with E-state index < -0.39 is 4.92 Å². The molecule has 2 heterocycles. The van der Waals surface area contributed by atoms with Crippen LogP contribution in [0.3, 0.4) is 0 Å². The smallest absolute Gasteiger partial charge is 0.258 e. The Labute approximate surface area is 126 Å². The molecule has 1 aromatic carbocycles. The molecular formula is C12H7BrN6O2. The molecule has 0 N–H and O–H groups in total. The van der Waals surface area contributed by atoms with E-state index in [1.165, 1.54) is 29.5 Å². The number of nitro groups is 1. The third-order valence-corrected chi connectivity index (χ3v) is 3.25. The standard InChI is InChI=1S/C12H7BrN6O2/c13-10-5-14-6-15-12(10)18-7-16-11(17-18)8-1-3-9(4-2-8)19(20)21/h1-7H. The van der Waals surface area contributed by atoms with Crippen molar-refractivity contribution < 1.29 is 4.92 Å². The molecule has 104 valence electrons. The Hall–Kier alpha value is -2.68. The highest BCUT2D eigenvalue weighted by atomic mass is 79.9. The molecule has 8 nitrogen and oxygen atoms in total. The second kappa shape index (κ2) is 5.37. The van der Waals surface area contributed by atoms with Crippen LogP contribution in [0.15, 0.2) is 47.6 Å². The monoisotopic (exact) mass is 346 g/mol. The van der Waals surface area contributed by atoms with Crippen LogP contribution in [0.25, 0.3) is 17.2 Å². The Bertz CT molecular complexity index is 802. The average Bonchev–Trinajstić information content (AvgIpc) is 2.97. The van der Waals surface area contributed by atoms with E-state index in [4.69, 9.17) is 0 Å². The van der Waals surface area contributed by atoms with Crippen LogP contribution in [0.1, 0.15) is 0 Å². The van der Waals surface area contributed by atoms with Gasteiger partial charge in [-0.2, -0.15) is 0 Å². The Morgan fingerprint density at radius 2 is 1.95 bits per heavy atom. The molecule has 0 unspecified atom stereocenters. The highest BCUT2D eigenvalue weighted by Gasteiger charge is 2.11. The summed E-state index contributed by atoms with van der Waals surface area (Å²) in [7, 11) is 0. The number of benzene rings is 1. The van der Waals surface area contributed by atoms with Crippen molar-refractivity contribution in [2.75, 3.05) is 0 Å². The Morgan fingerprint density at radius 1 is 1.19 bits per heavy atom. The third-order valence-electron chi connectivity index (χ3n) is 2.69. The number of nitro benzene ring substituents is 1. The first-order valence-electron chi connectivity index (χ1n) is 5.77. The summed E-state index contributed by atoms with van der Waals surface area (Å²) in [5, 5.41) is 14.9. The zero-order valence-corrected chi connectivity index (χ0v) is 12.0. The lowest BCUT2D eigenvalue weighted by Gasteiger charge is -2.00. The largest absolute Gasteiger partial charge is 0.269 e. The first-order chi connectivity index (χ1) is 10.1. The van der Waals surface area contributed by atoms with Gasteiger partial charge in [-0.15, -0.1) is 5.10 Å². The SMILES string of the molecule is O=[N+]([O-])c1ccc(-c2ncn(-c3ncncc3Br)n2)cc1. The van der Waals surface area contributed by atoms with E-state index >= 15 is 0 Å². The van der Waals surface area contributed by atoms with E-state index in [1.54, 1.807) is 18.3 Å². The lowest BCUT2D eigenvalue weighted by atomic mass is 10.2. The van der Waals surface area contributed by atoms with E-state index in [-0.39, 0.29) is 5.69 Å². The molecule has 0 bridgehead atoms. The molecule has 0 saturated heterocycles. The zero-order valence-electron chi connectivity index (χ0n) is 10.4. The van der Waals surface area contributed by atoms with Crippen LogP contribution in [0.5, 0.6) is 0 Å². The molecule has 21 heavy (non-hydrogen) atoms. The summed E-state index contributed by atoms with van der Waals surface area (Å²) in [6.45, 7) is 0. The molecule has 0 aliphatic carbocycles. The lowest BCUT2D eigenvalue weighted by Crippen LogP contribution is -1.99. The maximum absolute atomic E-state index is 10.6. The summed E-state index contributed by atoms with van der Waals surface area (Å²) in [6, 6.07) is 6.03. The molecule has 0 amide bonds. The summed E-state index contributed by atoms with van der Waals surface area (Å²) < 4.78 is 2.19. The number of rotatable bonds is 3. The van der Waals surface area contributed by atoms with Crippen LogP contribution in [-0.2, 0) is 0 Å². The van der Waals surface area contributed by atoms with E-state index in [1.807, 2.05) is 0 Å². The van der Waals surface area contributed by atoms with Crippen LogP contribution in [0, 0.1) is 10.1 Å². The van der Waals surface area contributed by atoms with Gasteiger partial charge in [-0.25, -0.2) is 19.6 Å². The number of aromatic nitrogens is 5. The van der Waals surface area contributed by atoms with Crippen LogP contribution in [0.4, 0.5) is 5.69 Å². The van der Waals surface area contributed by atoms with Crippen molar-refractivity contribution in [2.24, 2.45) is 0 Å².